The highest BCUT2D eigenvalue weighted by atomic mass is 16.4. The highest BCUT2D eigenvalue weighted by molar-refractivity contribution is 5.69. The Labute approximate surface area is 82.4 Å². The zero-order chi connectivity index (χ0) is 8.10. The molecule has 0 spiro atoms. The number of aliphatic carboxylic acids is 1. The van der Waals surface area contributed by atoms with Crippen molar-refractivity contribution in [3.63, 3.8) is 0 Å². The molecule has 1 aliphatic rings. The summed E-state index contributed by atoms with van der Waals surface area (Å²) in [6, 6.07) is 0. The van der Waals surface area contributed by atoms with E-state index in [9.17, 15) is 4.79 Å². The first kappa shape index (κ1) is 15.0. The monoisotopic (exact) mass is 188 g/mol. The summed E-state index contributed by atoms with van der Waals surface area (Å²) in [5.74, 6) is -0.637. The fourth-order valence-corrected chi connectivity index (χ4v) is 1.70. The van der Waals surface area contributed by atoms with E-state index in [1.54, 1.807) is 0 Å². The summed E-state index contributed by atoms with van der Waals surface area (Å²) in [5.41, 5.74) is 0. The van der Waals surface area contributed by atoms with Crippen molar-refractivity contribution in [3.05, 3.63) is 0 Å². The molecule has 0 radical (unpaired) electrons. The summed E-state index contributed by atoms with van der Waals surface area (Å²) in [6.07, 6.45) is 7.76. The van der Waals surface area contributed by atoms with Gasteiger partial charge in [0.05, 0.1) is 5.92 Å². The third-order valence-corrected chi connectivity index (χ3v) is 2.45. The van der Waals surface area contributed by atoms with Crippen LogP contribution in [0, 0.1) is 5.92 Å². The van der Waals surface area contributed by atoms with Crippen LogP contribution < -0.4 is 0 Å². The van der Waals surface area contributed by atoms with Crippen molar-refractivity contribution in [1.29, 1.82) is 0 Å². The summed E-state index contributed by atoms with van der Waals surface area (Å²) >= 11 is 0. The molecule has 80 valence electrons. The molecule has 2 heteroatoms. The van der Waals surface area contributed by atoms with Crippen molar-refractivity contribution in [3.8, 4) is 0 Å². The molecular weight excluding hydrogens is 164 g/mol. The van der Waals surface area contributed by atoms with E-state index in [1.165, 1.54) is 19.3 Å². The Bertz CT molecular complexity index is 124. The lowest BCUT2D eigenvalue weighted by molar-refractivity contribution is -0.142. The molecule has 1 saturated carbocycles. The summed E-state index contributed by atoms with van der Waals surface area (Å²) in [6.45, 7) is 0. The smallest absolute Gasteiger partial charge is 0.306 e. The van der Waals surface area contributed by atoms with Gasteiger partial charge >= 0.3 is 5.97 Å². The van der Waals surface area contributed by atoms with Crippen LogP contribution in [0.25, 0.3) is 0 Å². The third kappa shape index (κ3) is 5.67. The first-order chi connectivity index (χ1) is 5.30. The van der Waals surface area contributed by atoms with Gasteiger partial charge < -0.3 is 5.11 Å². The van der Waals surface area contributed by atoms with Gasteiger partial charge in [-0.3, -0.25) is 4.79 Å². The average Bonchev–Trinajstić information content (AvgIpc) is 1.84. The maximum atomic E-state index is 10.6. The lowest BCUT2D eigenvalue weighted by Gasteiger charge is -2.14. The van der Waals surface area contributed by atoms with E-state index in [2.05, 4.69) is 0 Å². The predicted molar refractivity (Wildman–Crippen MR) is 56.9 cm³/mol. The largest absolute Gasteiger partial charge is 0.481 e. The number of carboxylic acids is 1. The van der Waals surface area contributed by atoms with Crippen molar-refractivity contribution in [1.82, 2.24) is 0 Å². The standard InChI is InChI=1S/C9H16O2.2CH4/c10-9(11)8-6-4-2-1-3-5-7-8;;/h8H,1-7H2,(H,10,11);2*1H4. The fourth-order valence-electron chi connectivity index (χ4n) is 1.70. The van der Waals surface area contributed by atoms with Crippen LogP contribution in [0.5, 0.6) is 0 Å². The molecule has 1 N–H and O–H groups in total. The number of carboxylic acid groups (broad SMARTS) is 1. The van der Waals surface area contributed by atoms with Gasteiger partial charge in [0.1, 0.15) is 0 Å². The second kappa shape index (κ2) is 8.09. The summed E-state index contributed by atoms with van der Waals surface area (Å²) in [4.78, 5) is 10.6. The molecule has 0 amide bonds. The summed E-state index contributed by atoms with van der Waals surface area (Å²) in [5, 5.41) is 8.76. The van der Waals surface area contributed by atoms with Gasteiger partial charge in [-0.1, -0.05) is 47.0 Å². The first-order valence-electron chi connectivity index (χ1n) is 4.53. The molecule has 13 heavy (non-hydrogen) atoms. The second-order valence-corrected chi connectivity index (χ2v) is 3.38. The number of carbonyl (C=O) groups is 1. The van der Waals surface area contributed by atoms with Crippen molar-refractivity contribution in [2.24, 2.45) is 5.92 Å². The molecule has 1 rings (SSSR count). The van der Waals surface area contributed by atoms with Crippen LogP contribution in [0.3, 0.4) is 0 Å². The number of hydrogen-bond acceptors (Lipinski definition) is 1. The van der Waals surface area contributed by atoms with E-state index < -0.39 is 5.97 Å². The van der Waals surface area contributed by atoms with Crippen molar-refractivity contribution in [2.75, 3.05) is 0 Å². The van der Waals surface area contributed by atoms with Crippen molar-refractivity contribution < 1.29 is 9.90 Å². The lowest BCUT2D eigenvalue weighted by Crippen LogP contribution is -2.14. The van der Waals surface area contributed by atoms with Crippen molar-refractivity contribution in [2.45, 2.75) is 59.8 Å². The van der Waals surface area contributed by atoms with E-state index in [0.29, 0.717) is 0 Å². The number of rotatable bonds is 1. The Balaban J connectivity index is 0. The normalized spacial score (nSPS) is 18.8. The average molecular weight is 188 g/mol. The van der Waals surface area contributed by atoms with E-state index >= 15 is 0 Å². The van der Waals surface area contributed by atoms with E-state index in [0.717, 1.165) is 25.7 Å². The molecule has 0 aromatic rings. The van der Waals surface area contributed by atoms with Crippen LogP contribution in [0.4, 0.5) is 0 Å². The minimum Gasteiger partial charge on any atom is -0.481 e. The zero-order valence-corrected chi connectivity index (χ0v) is 6.88. The Morgan fingerprint density at radius 2 is 1.31 bits per heavy atom. The molecule has 1 aliphatic carbocycles. The van der Waals surface area contributed by atoms with Crippen LogP contribution in [0.1, 0.15) is 59.8 Å². The van der Waals surface area contributed by atoms with Gasteiger partial charge in [0.2, 0.25) is 0 Å². The molecule has 0 heterocycles. The van der Waals surface area contributed by atoms with E-state index in [-0.39, 0.29) is 20.8 Å². The third-order valence-electron chi connectivity index (χ3n) is 2.45. The molecular formula is C11H24O2. The zero-order valence-electron chi connectivity index (χ0n) is 6.88. The van der Waals surface area contributed by atoms with Crippen LogP contribution in [0.2, 0.25) is 0 Å². The number of hydrogen-bond donors (Lipinski definition) is 1. The molecule has 0 bridgehead atoms. The Morgan fingerprint density at radius 1 is 0.923 bits per heavy atom. The Hall–Kier alpha value is -0.530. The molecule has 0 aromatic carbocycles. The van der Waals surface area contributed by atoms with Gasteiger partial charge in [0.15, 0.2) is 0 Å². The molecule has 1 fully saturated rings. The van der Waals surface area contributed by atoms with Crippen molar-refractivity contribution >= 4 is 5.97 Å². The molecule has 0 aromatic heterocycles. The lowest BCUT2D eigenvalue weighted by atomic mass is 9.91. The van der Waals surface area contributed by atoms with E-state index in [1.807, 2.05) is 0 Å². The van der Waals surface area contributed by atoms with Gasteiger partial charge in [-0.2, -0.15) is 0 Å². The van der Waals surface area contributed by atoms with Gasteiger partial charge in [-0.25, -0.2) is 0 Å². The fraction of sp³-hybridized carbons (Fsp3) is 0.909. The Kier molecular flexibility index (Phi) is 9.31. The molecule has 0 saturated heterocycles. The van der Waals surface area contributed by atoms with E-state index in [4.69, 9.17) is 5.11 Å². The van der Waals surface area contributed by atoms with Crippen LogP contribution in [-0.2, 0) is 4.79 Å². The first-order valence-corrected chi connectivity index (χ1v) is 4.53. The maximum Gasteiger partial charge on any atom is 0.306 e. The second-order valence-electron chi connectivity index (χ2n) is 3.38. The van der Waals surface area contributed by atoms with Gasteiger partial charge in [0.25, 0.3) is 0 Å². The molecule has 0 unspecified atom stereocenters. The van der Waals surface area contributed by atoms with Gasteiger partial charge in [-0.15, -0.1) is 0 Å². The Morgan fingerprint density at radius 3 is 1.69 bits per heavy atom. The predicted octanol–water partition coefficient (Wildman–Crippen LogP) is 3.70. The summed E-state index contributed by atoms with van der Waals surface area (Å²) in [7, 11) is 0. The molecule has 2 nitrogen and oxygen atoms in total. The SMILES string of the molecule is C.C.O=C(O)C1CCCCCCC1. The highest BCUT2D eigenvalue weighted by Gasteiger charge is 2.17. The quantitative estimate of drug-likeness (QED) is 0.681. The van der Waals surface area contributed by atoms with Gasteiger partial charge in [-0.05, 0) is 12.8 Å². The van der Waals surface area contributed by atoms with Crippen LogP contribution in [-0.4, -0.2) is 11.1 Å². The molecule has 0 aliphatic heterocycles. The summed E-state index contributed by atoms with van der Waals surface area (Å²) < 4.78 is 0. The van der Waals surface area contributed by atoms with Crippen LogP contribution in [0.15, 0.2) is 0 Å². The minimum atomic E-state index is -0.591. The maximum absolute atomic E-state index is 10.6. The van der Waals surface area contributed by atoms with Crippen LogP contribution >= 0.6 is 0 Å². The minimum absolute atomic E-state index is 0. The molecule has 0 atom stereocenters. The van der Waals surface area contributed by atoms with Gasteiger partial charge in [0, 0.05) is 0 Å². The highest BCUT2D eigenvalue weighted by Crippen LogP contribution is 2.21. The topological polar surface area (TPSA) is 37.3 Å².